The maximum absolute atomic E-state index is 11.1. The van der Waals surface area contributed by atoms with Crippen molar-refractivity contribution in [3.63, 3.8) is 0 Å². The van der Waals surface area contributed by atoms with E-state index in [0.717, 1.165) is 16.9 Å². The van der Waals surface area contributed by atoms with Gasteiger partial charge in [-0.05, 0) is 29.7 Å². The first kappa shape index (κ1) is 14.9. The van der Waals surface area contributed by atoms with Crippen molar-refractivity contribution in [2.45, 2.75) is 26.4 Å². The van der Waals surface area contributed by atoms with Gasteiger partial charge in [0.2, 0.25) is 5.91 Å². The van der Waals surface area contributed by atoms with Gasteiger partial charge in [-0.25, -0.2) is 0 Å². The van der Waals surface area contributed by atoms with Crippen LogP contribution in [0.25, 0.3) is 0 Å². The Labute approximate surface area is 124 Å². The Morgan fingerprint density at radius 2 is 1.90 bits per heavy atom. The van der Waals surface area contributed by atoms with Crippen molar-refractivity contribution in [3.05, 3.63) is 59.2 Å². The van der Waals surface area contributed by atoms with Crippen LogP contribution in [-0.4, -0.2) is 5.91 Å². The number of rotatable bonds is 5. The zero-order chi connectivity index (χ0) is 15.4. The topological polar surface area (TPSA) is 78.3 Å². The van der Waals surface area contributed by atoms with Gasteiger partial charge in [-0.1, -0.05) is 38.1 Å². The molecule has 0 aliphatic heterocycles. The van der Waals surface area contributed by atoms with Crippen molar-refractivity contribution in [1.29, 1.82) is 0 Å². The van der Waals surface area contributed by atoms with E-state index in [4.69, 9.17) is 16.2 Å². The van der Waals surface area contributed by atoms with Gasteiger partial charge in [0.15, 0.2) is 0 Å². The maximum atomic E-state index is 11.1. The molecule has 0 bridgehead atoms. The van der Waals surface area contributed by atoms with Crippen molar-refractivity contribution in [2.75, 3.05) is 5.73 Å². The molecule has 0 saturated heterocycles. The third-order valence-corrected chi connectivity index (χ3v) is 3.35. The Hall–Kier alpha value is -2.49. The number of ether oxygens (including phenoxy) is 1. The Bertz CT molecular complexity index is 651. The number of amides is 1. The van der Waals surface area contributed by atoms with Gasteiger partial charge in [0.1, 0.15) is 12.4 Å². The molecule has 4 heteroatoms. The molecular formula is C17H20N2O2. The summed E-state index contributed by atoms with van der Waals surface area (Å²) < 4.78 is 5.87. The molecule has 0 heterocycles. The number of carbonyl (C=O) groups excluding carboxylic acids is 1. The first-order chi connectivity index (χ1) is 9.99. The van der Waals surface area contributed by atoms with Gasteiger partial charge in [0.05, 0.1) is 0 Å². The van der Waals surface area contributed by atoms with Crippen LogP contribution in [0.5, 0.6) is 5.75 Å². The fraction of sp³-hybridized carbons (Fsp3) is 0.235. The lowest BCUT2D eigenvalue weighted by Crippen LogP contribution is -2.12. The van der Waals surface area contributed by atoms with Crippen LogP contribution >= 0.6 is 0 Å². The SMILES string of the molecule is CC(C)c1ccccc1OCc1ccc(C(N)=O)cc1N. The molecule has 0 aromatic heterocycles. The zero-order valence-electron chi connectivity index (χ0n) is 12.3. The summed E-state index contributed by atoms with van der Waals surface area (Å²) in [5.74, 6) is 0.751. The number of nitrogens with two attached hydrogens (primary N) is 2. The molecule has 0 fully saturated rings. The number of anilines is 1. The Balaban J connectivity index is 2.15. The largest absolute Gasteiger partial charge is 0.489 e. The first-order valence-corrected chi connectivity index (χ1v) is 6.89. The second kappa shape index (κ2) is 6.31. The number of nitrogen functional groups attached to an aromatic ring is 1. The van der Waals surface area contributed by atoms with E-state index < -0.39 is 5.91 Å². The Kier molecular flexibility index (Phi) is 4.48. The summed E-state index contributed by atoms with van der Waals surface area (Å²) in [5, 5.41) is 0. The molecule has 2 aromatic rings. The minimum Gasteiger partial charge on any atom is -0.489 e. The predicted molar refractivity (Wildman–Crippen MR) is 84.2 cm³/mol. The average Bonchev–Trinajstić information content (AvgIpc) is 2.46. The molecule has 0 saturated carbocycles. The van der Waals surface area contributed by atoms with Gasteiger partial charge in [-0.3, -0.25) is 4.79 Å². The fourth-order valence-corrected chi connectivity index (χ4v) is 2.12. The van der Waals surface area contributed by atoms with Crippen LogP contribution in [0.2, 0.25) is 0 Å². The van der Waals surface area contributed by atoms with Crippen LogP contribution < -0.4 is 16.2 Å². The number of benzene rings is 2. The second-order valence-electron chi connectivity index (χ2n) is 5.26. The lowest BCUT2D eigenvalue weighted by Gasteiger charge is -2.14. The fourth-order valence-electron chi connectivity index (χ4n) is 2.12. The molecule has 2 rings (SSSR count). The van der Waals surface area contributed by atoms with Gasteiger partial charge in [-0.2, -0.15) is 0 Å². The van der Waals surface area contributed by atoms with Crippen molar-refractivity contribution < 1.29 is 9.53 Å². The van der Waals surface area contributed by atoms with E-state index in [9.17, 15) is 4.79 Å². The lowest BCUT2D eigenvalue weighted by molar-refractivity contribution is 0.100. The maximum Gasteiger partial charge on any atom is 0.248 e. The predicted octanol–water partition coefficient (Wildman–Crippen LogP) is 3.07. The summed E-state index contributed by atoms with van der Waals surface area (Å²) in [6, 6.07) is 13.0. The summed E-state index contributed by atoms with van der Waals surface area (Å²) in [6.45, 7) is 4.60. The minimum atomic E-state index is -0.487. The van der Waals surface area contributed by atoms with Crippen molar-refractivity contribution >= 4 is 11.6 Å². The molecule has 110 valence electrons. The summed E-state index contributed by atoms with van der Waals surface area (Å²) in [5.41, 5.74) is 14.1. The molecule has 0 atom stereocenters. The standard InChI is InChI=1S/C17H20N2O2/c1-11(2)14-5-3-4-6-16(14)21-10-13-8-7-12(17(19)20)9-15(13)18/h3-9,11H,10,18H2,1-2H3,(H2,19,20). The van der Waals surface area contributed by atoms with E-state index in [-0.39, 0.29) is 0 Å². The summed E-state index contributed by atoms with van der Waals surface area (Å²) in [4.78, 5) is 11.1. The lowest BCUT2D eigenvalue weighted by atomic mass is 10.0. The highest BCUT2D eigenvalue weighted by Crippen LogP contribution is 2.27. The molecule has 0 aliphatic carbocycles. The number of primary amides is 1. The van der Waals surface area contributed by atoms with Crippen LogP contribution in [0.15, 0.2) is 42.5 Å². The second-order valence-corrected chi connectivity index (χ2v) is 5.26. The highest BCUT2D eigenvalue weighted by Gasteiger charge is 2.09. The van der Waals surface area contributed by atoms with E-state index >= 15 is 0 Å². The Morgan fingerprint density at radius 3 is 2.52 bits per heavy atom. The van der Waals surface area contributed by atoms with E-state index in [2.05, 4.69) is 19.9 Å². The molecular weight excluding hydrogens is 264 g/mol. The molecule has 0 unspecified atom stereocenters. The van der Waals surface area contributed by atoms with Gasteiger partial charge >= 0.3 is 0 Å². The summed E-state index contributed by atoms with van der Waals surface area (Å²) in [6.07, 6.45) is 0. The van der Waals surface area contributed by atoms with E-state index in [1.54, 1.807) is 18.2 Å². The Morgan fingerprint density at radius 1 is 1.19 bits per heavy atom. The monoisotopic (exact) mass is 284 g/mol. The molecule has 0 spiro atoms. The van der Waals surface area contributed by atoms with Crippen LogP contribution in [-0.2, 0) is 6.61 Å². The highest BCUT2D eigenvalue weighted by molar-refractivity contribution is 5.93. The van der Waals surface area contributed by atoms with Gasteiger partial charge in [0.25, 0.3) is 0 Å². The zero-order valence-corrected chi connectivity index (χ0v) is 12.3. The molecule has 0 radical (unpaired) electrons. The summed E-state index contributed by atoms with van der Waals surface area (Å²) >= 11 is 0. The van der Waals surface area contributed by atoms with Crippen LogP contribution in [0, 0.1) is 0 Å². The third-order valence-electron chi connectivity index (χ3n) is 3.35. The molecule has 4 nitrogen and oxygen atoms in total. The van der Waals surface area contributed by atoms with Gasteiger partial charge in [-0.15, -0.1) is 0 Å². The number of hydrogen-bond donors (Lipinski definition) is 2. The highest BCUT2D eigenvalue weighted by atomic mass is 16.5. The smallest absolute Gasteiger partial charge is 0.248 e. The van der Waals surface area contributed by atoms with Crippen LogP contribution in [0.4, 0.5) is 5.69 Å². The van der Waals surface area contributed by atoms with E-state index in [1.807, 2.05) is 18.2 Å². The van der Waals surface area contributed by atoms with Crippen molar-refractivity contribution in [1.82, 2.24) is 0 Å². The van der Waals surface area contributed by atoms with Crippen LogP contribution in [0.1, 0.15) is 41.3 Å². The van der Waals surface area contributed by atoms with Crippen LogP contribution in [0.3, 0.4) is 0 Å². The normalized spacial score (nSPS) is 10.6. The number of hydrogen-bond acceptors (Lipinski definition) is 3. The third kappa shape index (κ3) is 3.54. The molecule has 1 amide bonds. The van der Waals surface area contributed by atoms with Gasteiger partial charge < -0.3 is 16.2 Å². The van der Waals surface area contributed by atoms with Gasteiger partial charge in [0, 0.05) is 16.8 Å². The van der Waals surface area contributed by atoms with E-state index in [1.165, 1.54) is 0 Å². The minimum absolute atomic E-state index is 0.356. The van der Waals surface area contributed by atoms with Crippen molar-refractivity contribution in [2.24, 2.45) is 5.73 Å². The van der Waals surface area contributed by atoms with E-state index in [0.29, 0.717) is 23.8 Å². The molecule has 4 N–H and O–H groups in total. The average molecular weight is 284 g/mol. The summed E-state index contributed by atoms with van der Waals surface area (Å²) in [7, 11) is 0. The quantitative estimate of drug-likeness (QED) is 0.828. The van der Waals surface area contributed by atoms with Crippen molar-refractivity contribution in [3.8, 4) is 5.75 Å². The number of para-hydroxylation sites is 1. The molecule has 21 heavy (non-hydrogen) atoms. The number of carbonyl (C=O) groups is 1. The molecule has 0 aliphatic rings. The first-order valence-electron chi connectivity index (χ1n) is 6.89. The molecule has 2 aromatic carbocycles.